The van der Waals surface area contributed by atoms with E-state index >= 15 is 0 Å². The van der Waals surface area contributed by atoms with Crippen molar-refractivity contribution in [2.75, 3.05) is 0 Å². The molecule has 17 heavy (non-hydrogen) atoms. The molecule has 0 N–H and O–H groups in total. The minimum Gasteiger partial charge on any atom is -0.294 e. The third-order valence-corrected chi connectivity index (χ3v) is 3.35. The van der Waals surface area contributed by atoms with E-state index in [9.17, 15) is 4.79 Å². The summed E-state index contributed by atoms with van der Waals surface area (Å²) in [7, 11) is 0. The quantitative estimate of drug-likeness (QED) is 0.775. The summed E-state index contributed by atoms with van der Waals surface area (Å²) in [6.07, 6.45) is 0.447. The van der Waals surface area contributed by atoms with E-state index in [-0.39, 0.29) is 5.78 Å². The van der Waals surface area contributed by atoms with Crippen LogP contribution in [-0.4, -0.2) is 5.78 Å². The van der Waals surface area contributed by atoms with E-state index in [0.29, 0.717) is 6.42 Å². The van der Waals surface area contributed by atoms with Gasteiger partial charge in [0.15, 0.2) is 5.78 Å². The van der Waals surface area contributed by atoms with Crippen LogP contribution in [0.25, 0.3) is 0 Å². The summed E-state index contributed by atoms with van der Waals surface area (Å²) in [4.78, 5) is 12.1. The molecule has 0 saturated heterocycles. The van der Waals surface area contributed by atoms with Gasteiger partial charge in [0, 0.05) is 16.5 Å². The first-order valence-corrected chi connectivity index (χ1v) is 6.29. The van der Waals surface area contributed by atoms with Crippen LogP contribution in [0.5, 0.6) is 0 Å². The Hall–Kier alpha value is -1.41. The lowest BCUT2D eigenvalue weighted by molar-refractivity contribution is 0.0992. The van der Waals surface area contributed by atoms with Crippen molar-refractivity contribution in [3.05, 3.63) is 69.7 Å². The standard InChI is InChI=1S/C15H13BrO/c1-11-6-8-12(9-7-11)10-15(17)13-4-2-3-5-14(13)16/h2-9H,10H2,1H3. The number of aryl methyl sites for hydroxylation is 1. The molecule has 0 fully saturated rings. The molecule has 0 radical (unpaired) electrons. The SMILES string of the molecule is Cc1ccc(CC(=O)c2ccccc2Br)cc1. The fourth-order valence-electron chi connectivity index (χ4n) is 1.67. The molecule has 0 amide bonds. The van der Waals surface area contributed by atoms with Crippen LogP contribution in [0.2, 0.25) is 0 Å². The van der Waals surface area contributed by atoms with Gasteiger partial charge in [-0.2, -0.15) is 0 Å². The zero-order valence-corrected chi connectivity index (χ0v) is 11.2. The second kappa shape index (κ2) is 5.28. The molecule has 0 bridgehead atoms. The molecule has 2 rings (SSSR count). The molecule has 0 atom stereocenters. The number of hydrogen-bond donors (Lipinski definition) is 0. The number of carbonyl (C=O) groups is 1. The van der Waals surface area contributed by atoms with Crippen LogP contribution in [0.15, 0.2) is 53.0 Å². The summed E-state index contributed by atoms with van der Waals surface area (Å²) >= 11 is 3.40. The van der Waals surface area contributed by atoms with Crippen LogP contribution in [0.1, 0.15) is 21.5 Å². The summed E-state index contributed by atoms with van der Waals surface area (Å²) in [6.45, 7) is 2.04. The average Bonchev–Trinajstić information content (AvgIpc) is 2.32. The molecule has 0 saturated carbocycles. The highest BCUT2D eigenvalue weighted by atomic mass is 79.9. The second-order valence-electron chi connectivity index (χ2n) is 4.07. The van der Waals surface area contributed by atoms with Crippen LogP contribution < -0.4 is 0 Å². The molecule has 0 aromatic heterocycles. The predicted molar refractivity (Wildman–Crippen MR) is 73.4 cm³/mol. The van der Waals surface area contributed by atoms with E-state index in [0.717, 1.165) is 15.6 Å². The van der Waals surface area contributed by atoms with Crippen molar-refractivity contribution >= 4 is 21.7 Å². The number of hydrogen-bond acceptors (Lipinski definition) is 1. The van der Waals surface area contributed by atoms with E-state index in [2.05, 4.69) is 15.9 Å². The van der Waals surface area contributed by atoms with Gasteiger partial charge in [-0.25, -0.2) is 0 Å². The number of Topliss-reactive ketones (excluding diaryl/α,β-unsaturated/α-hetero) is 1. The largest absolute Gasteiger partial charge is 0.294 e. The first kappa shape index (κ1) is 12.1. The Kier molecular flexibility index (Phi) is 3.75. The Morgan fingerprint density at radius 1 is 1.06 bits per heavy atom. The van der Waals surface area contributed by atoms with Crippen LogP contribution in [-0.2, 0) is 6.42 Å². The van der Waals surface area contributed by atoms with E-state index in [1.807, 2.05) is 55.5 Å². The van der Waals surface area contributed by atoms with Crippen LogP contribution in [0.4, 0.5) is 0 Å². The minimum atomic E-state index is 0.140. The monoisotopic (exact) mass is 288 g/mol. The van der Waals surface area contributed by atoms with Gasteiger partial charge in [-0.3, -0.25) is 4.79 Å². The van der Waals surface area contributed by atoms with Crippen molar-refractivity contribution in [3.63, 3.8) is 0 Å². The zero-order valence-electron chi connectivity index (χ0n) is 9.61. The molecule has 2 aromatic carbocycles. The molecule has 86 valence electrons. The molecule has 0 spiro atoms. The average molecular weight is 289 g/mol. The van der Waals surface area contributed by atoms with Gasteiger partial charge in [0.05, 0.1) is 0 Å². The van der Waals surface area contributed by atoms with E-state index < -0.39 is 0 Å². The van der Waals surface area contributed by atoms with Crippen molar-refractivity contribution in [3.8, 4) is 0 Å². The molecule has 0 unspecified atom stereocenters. The highest BCUT2D eigenvalue weighted by molar-refractivity contribution is 9.10. The Morgan fingerprint density at radius 3 is 2.35 bits per heavy atom. The van der Waals surface area contributed by atoms with E-state index in [1.54, 1.807) is 0 Å². The molecule has 0 aliphatic carbocycles. The first-order valence-electron chi connectivity index (χ1n) is 5.50. The summed E-state index contributed by atoms with van der Waals surface area (Å²) in [6, 6.07) is 15.6. The molecular weight excluding hydrogens is 276 g/mol. The van der Waals surface area contributed by atoms with Crippen molar-refractivity contribution in [2.45, 2.75) is 13.3 Å². The van der Waals surface area contributed by atoms with Gasteiger partial charge in [0.1, 0.15) is 0 Å². The summed E-state index contributed by atoms with van der Waals surface area (Å²) in [5.41, 5.74) is 3.01. The third-order valence-electron chi connectivity index (χ3n) is 2.66. The predicted octanol–water partition coefficient (Wildman–Crippen LogP) is 4.18. The van der Waals surface area contributed by atoms with Crippen LogP contribution in [0, 0.1) is 6.92 Å². The van der Waals surface area contributed by atoms with Crippen LogP contribution in [0.3, 0.4) is 0 Å². The Balaban J connectivity index is 2.17. The number of rotatable bonds is 3. The van der Waals surface area contributed by atoms with Crippen molar-refractivity contribution < 1.29 is 4.79 Å². The number of ketones is 1. The highest BCUT2D eigenvalue weighted by Gasteiger charge is 2.09. The minimum absolute atomic E-state index is 0.140. The lowest BCUT2D eigenvalue weighted by Gasteiger charge is -2.04. The van der Waals surface area contributed by atoms with Crippen molar-refractivity contribution in [1.29, 1.82) is 0 Å². The summed E-state index contributed by atoms with van der Waals surface area (Å²) < 4.78 is 0.858. The van der Waals surface area contributed by atoms with Gasteiger partial charge in [-0.15, -0.1) is 0 Å². The van der Waals surface area contributed by atoms with Gasteiger partial charge in [0.2, 0.25) is 0 Å². The van der Waals surface area contributed by atoms with Gasteiger partial charge in [-0.1, -0.05) is 64.0 Å². The van der Waals surface area contributed by atoms with E-state index in [1.165, 1.54) is 5.56 Å². The first-order chi connectivity index (χ1) is 8.16. The lowest BCUT2D eigenvalue weighted by atomic mass is 10.0. The van der Waals surface area contributed by atoms with Gasteiger partial charge < -0.3 is 0 Å². The Labute approximate surface area is 110 Å². The third kappa shape index (κ3) is 3.04. The highest BCUT2D eigenvalue weighted by Crippen LogP contribution is 2.18. The van der Waals surface area contributed by atoms with E-state index in [4.69, 9.17) is 0 Å². The van der Waals surface area contributed by atoms with Crippen molar-refractivity contribution in [2.24, 2.45) is 0 Å². The molecule has 0 aliphatic heterocycles. The Morgan fingerprint density at radius 2 is 1.71 bits per heavy atom. The van der Waals surface area contributed by atoms with Gasteiger partial charge in [-0.05, 0) is 18.6 Å². The normalized spacial score (nSPS) is 10.2. The smallest absolute Gasteiger partial charge is 0.168 e. The number of carbonyl (C=O) groups excluding carboxylic acids is 1. The van der Waals surface area contributed by atoms with Gasteiger partial charge >= 0.3 is 0 Å². The molecule has 2 heteroatoms. The molecule has 2 aromatic rings. The zero-order chi connectivity index (χ0) is 12.3. The second-order valence-corrected chi connectivity index (χ2v) is 4.92. The molecule has 0 heterocycles. The van der Waals surface area contributed by atoms with Crippen molar-refractivity contribution in [1.82, 2.24) is 0 Å². The maximum atomic E-state index is 12.1. The lowest BCUT2D eigenvalue weighted by Crippen LogP contribution is -2.04. The summed E-state index contributed by atoms with van der Waals surface area (Å²) in [5.74, 6) is 0.140. The topological polar surface area (TPSA) is 17.1 Å². The fourth-order valence-corrected chi connectivity index (χ4v) is 2.18. The molecular formula is C15H13BrO. The maximum Gasteiger partial charge on any atom is 0.168 e. The molecule has 1 nitrogen and oxygen atoms in total. The maximum absolute atomic E-state index is 12.1. The van der Waals surface area contributed by atoms with Gasteiger partial charge in [0.25, 0.3) is 0 Å². The number of benzene rings is 2. The molecule has 0 aliphatic rings. The summed E-state index contributed by atoms with van der Waals surface area (Å²) in [5, 5.41) is 0. The fraction of sp³-hybridized carbons (Fsp3) is 0.133. The van der Waals surface area contributed by atoms with Crippen LogP contribution >= 0.6 is 15.9 Å². The Bertz CT molecular complexity index is 529. The number of halogens is 1.